The van der Waals surface area contributed by atoms with E-state index in [2.05, 4.69) is 25.2 Å². The van der Waals surface area contributed by atoms with Crippen LogP contribution in [-0.4, -0.2) is 52.7 Å². The van der Waals surface area contributed by atoms with Crippen molar-refractivity contribution in [3.05, 3.63) is 30.5 Å². The summed E-state index contributed by atoms with van der Waals surface area (Å²) in [6.07, 6.45) is 4.17. The number of piperidine rings is 3. The molecule has 0 radical (unpaired) electrons. The summed E-state index contributed by atoms with van der Waals surface area (Å²) in [4.78, 5) is 16.1. The summed E-state index contributed by atoms with van der Waals surface area (Å²) in [6, 6.07) is 8.43. The molecular weight excluding hydrogens is 290 g/mol. The number of anilines is 1. The normalized spacial score (nSPS) is 32.1. The van der Waals surface area contributed by atoms with Crippen LogP contribution in [0.15, 0.2) is 35.5 Å². The van der Waals surface area contributed by atoms with Crippen LogP contribution in [0.1, 0.15) is 12.8 Å². The van der Waals surface area contributed by atoms with E-state index >= 15 is 0 Å². The van der Waals surface area contributed by atoms with Crippen molar-refractivity contribution in [2.75, 3.05) is 31.5 Å². The Hall–Kier alpha value is -2.21. The maximum Gasteiger partial charge on any atom is 0.291 e. The van der Waals surface area contributed by atoms with Crippen molar-refractivity contribution in [1.82, 2.24) is 14.9 Å². The average molecular weight is 309 g/mol. The molecule has 0 aliphatic carbocycles. The minimum absolute atomic E-state index is 0.122. The lowest BCUT2D eigenvalue weighted by Crippen LogP contribution is -2.61. The lowest BCUT2D eigenvalue weighted by Gasteiger charge is -2.50. The highest BCUT2D eigenvalue weighted by atomic mass is 16.5. The molecule has 1 N–H and O–H groups in total. The minimum Gasteiger partial charge on any atom is -0.455 e. The van der Waals surface area contributed by atoms with E-state index < -0.39 is 0 Å². The van der Waals surface area contributed by atoms with Crippen LogP contribution < -0.4 is 5.32 Å². The number of fused-ring (bicyclic) bond motifs is 3. The van der Waals surface area contributed by atoms with Gasteiger partial charge in [0.15, 0.2) is 5.82 Å². The van der Waals surface area contributed by atoms with Crippen LogP contribution in [0, 0.1) is 5.92 Å². The Morgan fingerprint density at radius 1 is 1.17 bits per heavy atom. The van der Waals surface area contributed by atoms with Gasteiger partial charge in [-0.3, -0.25) is 15.2 Å². The van der Waals surface area contributed by atoms with Gasteiger partial charge in [-0.15, -0.1) is 0 Å². The Morgan fingerprint density at radius 2 is 2.00 bits per heavy atom. The molecule has 4 aliphatic heterocycles. The van der Waals surface area contributed by atoms with Crippen LogP contribution in [-0.2, 0) is 4.74 Å². The SMILES string of the molecule is c1ccc2nc(NC3=NCC4(CN5CCC4CC5)O3)cnc2c1. The Morgan fingerprint density at radius 3 is 2.78 bits per heavy atom. The molecule has 1 atom stereocenters. The summed E-state index contributed by atoms with van der Waals surface area (Å²) in [5, 5.41) is 3.20. The fourth-order valence-corrected chi connectivity index (χ4v) is 4.07. The molecule has 1 aromatic carbocycles. The van der Waals surface area contributed by atoms with Gasteiger partial charge in [-0.1, -0.05) is 12.1 Å². The number of hydrogen-bond donors (Lipinski definition) is 1. The number of ether oxygens (including phenoxy) is 1. The number of aromatic nitrogens is 2. The highest BCUT2D eigenvalue weighted by molar-refractivity contribution is 5.90. The van der Waals surface area contributed by atoms with Crippen LogP contribution >= 0.6 is 0 Å². The molecule has 0 amide bonds. The van der Waals surface area contributed by atoms with Crippen LogP contribution in [0.4, 0.5) is 5.82 Å². The van der Waals surface area contributed by atoms with Crippen molar-refractivity contribution in [1.29, 1.82) is 0 Å². The van der Waals surface area contributed by atoms with E-state index in [4.69, 9.17) is 4.74 Å². The monoisotopic (exact) mass is 309 g/mol. The van der Waals surface area contributed by atoms with Crippen LogP contribution in [0.2, 0.25) is 0 Å². The molecule has 118 valence electrons. The molecule has 6 nitrogen and oxygen atoms in total. The number of benzene rings is 1. The Bertz CT molecular complexity index is 783. The summed E-state index contributed by atoms with van der Waals surface area (Å²) < 4.78 is 6.27. The summed E-state index contributed by atoms with van der Waals surface area (Å²) in [5.41, 5.74) is 1.64. The zero-order valence-electron chi connectivity index (χ0n) is 12.9. The first-order valence-corrected chi connectivity index (χ1v) is 8.25. The van der Waals surface area contributed by atoms with Crippen LogP contribution in [0.25, 0.3) is 11.0 Å². The second-order valence-corrected chi connectivity index (χ2v) is 6.71. The third-order valence-electron chi connectivity index (χ3n) is 5.30. The van der Waals surface area contributed by atoms with Crippen molar-refractivity contribution >= 4 is 22.9 Å². The molecule has 3 saturated heterocycles. The number of para-hydroxylation sites is 2. The predicted molar refractivity (Wildman–Crippen MR) is 88.4 cm³/mol. The zero-order valence-corrected chi connectivity index (χ0v) is 12.9. The van der Waals surface area contributed by atoms with E-state index in [0.717, 1.165) is 24.1 Å². The fraction of sp³-hybridized carbons (Fsp3) is 0.471. The standard InChI is InChI=1S/C17H19N5O/c1-2-4-14-13(3-1)18-9-15(20-14)21-16-19-10-17(23-16)11-22-7-5-12(17)6-8-22/h1-4,9,12H,5-8,10-11H2,(H,19,20,21). The largest absolute Gasteiger partial charge is 0.455 e. The highest BCUT2D eigenvalue weighted by Crippen LogP contribution is 2.40. The van der Waals surface area contributed by atoms with Crippen molar-refractivity contribution in [3.63, 3.8) is 0 Å². The molecule has 2 bridgehead atoms. The maximum atomic E-state index is 6.27. The van der Waals surface area contributed by atoms with Crippen molar-refractivity contribution in [2.24, 2.45) is 10.9 Å². The first kappa shape index (κ1) is 13.2. The smallest absolute Gasteiger partial charge is 0.291 e. The summed E-state index contributed by atoms with van der Waals surface area (Å²) >= 11 is 0. The second kappa shape index (κ2) is 4.89. The Balaban J connectivity index is 1.35. The maximum absolute atomic E-state index is 6.27. The number of amidine groups is 1. The third-order valence-corrected chi connectivity index (χ3v) is 5.30. The summed E-state index contributed by atoms with van der Waals surface area (Å²) in [7, 11) is 0. The van der Waals surface area contributed by atoms with E-state index in [1.54, 1.807) is 6.20 Å². The lowest BCUT2D eigenvalue weighted by atomic mass is 9.75. The van der Waals surface area contributed by atoms with Gasteiger partial charge < -0.3 is 4.74 Å². The topological polar surface area (TPSA) is 62.6 Å². The number of nitrogens with one attached hydrogen (secondary N) is 1. The van der Waals surface area contributed by atoms with Gasteiger partial charge in [0.25, 0.3) is 6.02 Å². The third kappa shape index (κ3) is 2.16. The highest BCUT2D eigenvalue weighted by Gasteiger charge is 2.51. The van der Waals surface area contributed by atoms with E-state index in [0.29, 0.717) is 17.8 Å². The first-order chi connectivity index (χ1) is 11.3. The molecule has 1 unspecified atom stereocenters. The van der Waals surface area contributed by atoms with Crippen molar-refractivity contribution in [2.45, 2.75) is 18.4 Å². The molecule has 1 spiro atoms. The molecule has 1 aromatic heterocycles. The van der Waals surface area contributed by atoms with Crippen LogP contribution in [0.3, 0.4) is 0 Å². The molecule has 6 rings (SSSR count). The molecule has 2 aromatic rings. The van der Waals surface area contributed by atoms with Gasteiger partial charge in [0.1, 0.15) is 5.60 Å². The fourth-order valence-electron chi connectivity index (χ4n) is 4.07. The zero-order chi connectivity index (χ0) is 15.3. The molecule has 4 aliphatic rings. The molecule has 3 fully saturated rings. The van der Waals surface area contributed by atoms with Gasteiger partial charge in [0.2, 0.25) is 0 Å². The van der Waals surface area contributed by atoms with Gasteiger partial charge in [-0.05, 0) is 38.1 Å². The summed E-state index contributed by atoms with van der Waals surface area (Å²) in [6.45, 7) is 4.15. The van der Waals surface area contributed by atoms with Gasteiger partial charge in [0.05, 0.1) is 23.8 Å². The van der Waals surface area contributed by atoms with Gasteiger partial charge in [-0.25, -0.2) is 9.98 Å². The van der Waals surface area contributed by atoms with Gasteiger partial charge >= 0.3 is 0 Å². The minimum atomic E-state index is -0.122. The van der Waals surface area contributed by atoms with E-state index in [1.807, 2.05) is 24.3 Å². The van der Waals surface area contributed by atoms with Crippen LogP contribution in [0.5, 0.6) is 0 Å². The summed E-state index contributed by atoms with van der Waals surface area (Å²) in [5.74, 6) is 1.30. The van der Waals surface area contributed by atoms with E-state index in [1.165, 1.54) is 25.9 Å². The number of hydrogen-bond acceptors (Lipinski definition) is 6. The number of rotatable bonds is 1. The van der Waals surface area contributed by atoms with E-state index in [9.17, 15) is 0 Å². The number of nitrogens with zero attached hydrogens (tertiary/aromatic N) is 4. The lowest BCUT2D eigenvalue weighted by molar-refractivity contribution is -0.0829. The second-order valence-electron chi connectivity index (χ2n) is 6.71. The van der Waals surface area contributed by atoms with Crippen molar-refractivity contribution < 1.29 is 4.74 Å². The Labute approximate surface area is 134 Å². The molecule has 23 heavy (non-hydrogen) atoms. The quantitative estimate of drug-likeness (QED) is 0.871. The molecule has 6 heteroatoms. The Kier molecular flexibility index (Phi) is 2.82. The van der Waals surface area contributed by atoms with Crippen molar-refractivity contribution in [3.8, 4) is 0 Å². The van der Waals surface area contributed by atoms with Gasteiger partial charge in [-0.2, -0.15) is 0 Å². The molecular formula is C17H19N5O. The van der Waals surface area contributed by atoms with E-state index in [-0.39, 0.29) is 5.60 Å². The average Bonchev–Trinajstić information content (AvgIpc) is 2.98. The first-order valence-electron chi connectivity index (χ1n) is 8.25. The molecule has 0 saturated carbocycles. The van der Waals surface area contributed by atoms with Gasteiger partial charge in [0, 0.05) is 12.5 Å². The molecule has 5 heterocycles. The predicted octanol–water partition coefficient (Wildman–Crippen LogP) is 1.89. The number of aliphatic imine (C=N–C) groups is 1.